The number of amides is 1. The number of hydrogen-bond donors (Lipinski definition) is 0. The van der Waals surface area contributed by atoms with Crippen LogP contribution in [0, 0.1) is 0 Å². The van der Waals surface area contributed by atoms with E-state index in [0.29, 0.717) is 12.4 Å². The largest absolute Gasteiger partial charge is 0.483 e. The Balaban J connectivity index is 2.02. The molecule has 0 aliphatic carbocycles. The summed E-state index contributed by atoms with van der Waals surface area (Å²) < 4.78 is 5.35. The summed E-state index contributed by atoms with van der Waals surface area (Å²) in [6.07, 6.45) is 0.793. The van der Waals surface area contributed by atoms with Gasteiger partial charge in [0.25, 0.3) is 0 Å². The number of fused-ring (bicyclic) bond motifs is 2. The fourth-order valence-corrected chi connectivity index (χ4v) is 2.74. The molecule has 2 aliphatic heterocycles. The third kappa shape index (κ3) is 1.60. The second-order valence-corrected chi connectivity index (χ2v) is 4.80. The summed E-state index contributed by atoms with van der Waals surface area (Å²) in [6, 6.07) is 7.88. The van der Waals surface area contributed by atoms with Crippen LogP contribution in [0.5, 0.6) is 0 Å². The Hall–Kier alpha value is -1.84. The molecule has 94 valence electrons. The number of nitrogens with zero attached hydrogens (tertiary/aromatic N) is 2. The molecule has 0 spiro atoms. The molecule has 3 rings (SSSR count). The van der Waals surface area contributed by atoms with E-state index in [1.165, 1.54) is 11.1 Å². The number of benzene rings is 1. The first-order chi connectivity index (χ1) is 8.70. The number of rotatable bonds is 0. The standard InChI is InChI=1S/C14H16N2O2/c1-9-14(17)16-8-11-6-4-3-5-10(11)7-12(16)13(15-9)18-2/h3-6,9,12H,7-8H2,1-2H3/t9-,12+/m1/s1. The molecule has 0 aromatic heterocycles. The van der Waals surface area contributed by atoms with E-state index < -0.39 is 0 Å². The van der Waals surface area contributed by atoms with Crippen molar-refractivity contribution in [3.8, 4) is 0 Å². The molecule has 18 heavy (non-hydrogen) atoms. The highest BCUT2D eigenvalue weighted by atomic mass is 16.5. The van der Waals surface area contributed by atoms with Crippen molar-refractivity contribution in [2.24, 2.45) is 4.99 Å². The van der Waals surface area contributed by atoms with Crippen molar-refractivity contribution < 1.29 is 9.53 Å². The molecule has 4 nitrogen and oxygen atoms in total. The number of aliphatic imine (C=N–C) groups is 1. The SMILES string of the molecule is COC1=N[C@H](C)C(=O)N2Cc3ccccc3C[C@@H]12. The molecule has 0 fully saturated rings. The molecular formula is C14H16N2O2. The topological polar surface area (TPSA) is 41.9 Å². The fourth-order valence-electron chi connectivity index (χ4n) is 2.74. The van der Waals surface area contributed by atoms with Crippen LogP contribution in [0.3, 0.4) is 0 Å². The van der Waals surface area contributed by atoms with Crippen molar-refractivity contribution in [2.45, 2.75) is 32.0 Å². The van der Waals surface area contributed by atoms with E-state index in [4.69, 9.17) is 4.74 Å². The monoisotopic (exact) mass is 244 g/mol. The molecule has 0 unspecified atom stereocenters. The Morgan fingerprint density at radius 2 is 2.06 bits per heavy atom. The van der Waals surface area contributed by atoms with Gasteiger partial charge < -0.3 is 9.64 Å². The van der Waals surface area contributed by atoms with Crippen LogP contribution < -0.4 is 0 Å². The number of hydrogen-bond acceptors (Lipinski definition) is 3. The average Bonchev–Trinajstić information content (AvgIpc) is 2.41. The minimum atomic E-state index is -0.332. The van der Waals surface area contributed by atoms with Gasteiger partial charge in [0.15, 0.2) is 0 Å². The number of carbonyl (C=O) groups is 1. The number of methoxy groups -OCH3 is 1. The maximum atomic E-state index is 12.2. The zero-order valence-corrected chi connectivity index (χ0v) is 10.6. The molecule has 0 bridgehead atoms. The Bertz CT molecular complexity index is 524. The van der Waals surface area contributed by atoms with Gasteiger partial charge in [0, 0.05) is 13.0 Å². The maximum absolute atomic E-state index is 12.2. The van der Waals surface area contributed by atoms with E-state index in [0.717, 1.165) is 6.42 Å². The third-order valence-electron chi connectivity index (χ3n) is 3.70. The summed E-state index contributed by atoms with van der Waals surface area (Å²) in [7, 11) is 1.63. The van der Waals surface area contributed by atoms with Crippen molar-refractivity contribution in [1.82, 2.24) is 4.90 Å². The van der Waals surface area contributed by atoms with E-state index in [-0.39, 0.29) is 18.0 Å². The molecule has 2 atom stereocenters. The quantitative estimate of drug-likeness (QED) is 0.692. The van der Waals surface area contributed by atoms with Crippen molar-refractivity contribution in [3.63, 3.8) is 0 Å². The summed E-state index contributed by atoms with van der Waals surface area (Å²) >= 11 is 0. The minimum Gasteiger partial charge on any atom is -0.483 e. The van der Waals surface area contributed by atoms with Gasteiger partial charge in [0.1, 0.15) is 12.1 Å². The smallest absolute Gasteiger partial charge is 0.248 e. The number of carbonyl (C=O) groups excluding carboxylic acids is 1. The van der Waals surface area contributed by atoms with Gasteiger partial charge in [-0.25, -0.2) is 4.99 Å². The normalized spacial score (nSPS) is 26.2. The van der Waals surface area contributed by atoms with Crippen LogP contribution in [0.4, 0.5) is 0 Å². The molecular weight excluding hydrogens is 228 g/mol. The van der Waals surface area contributed by atoms with Gasteiger partial charge >= 0.3 is 0 Å². The lowest BCUT2D eigenvalue weighted by Gasteiger charge is -2.40. The molecule has 2 heterocycles. The van der Waals surface area contributed by atoms with E-state index >= 15 is 0 Å². The molecule has 1 aromatic rings. The highest BCUT2D eigenvalue weighted by Gasteiger charge is 2.39. The molecule has 0 saturated heterocycles. The first-order valence-electron chi connectivity index (χ1n) is 6.19. The van der Waals surface area contributed by atoms with Crippen molar-refractivity contribution >= 4 is 11.8 Å². The Labute approximate surface area is 106 Å². The molecule has 2 aliphatic rings. The lowest BCUT2D eigenvalue weighted by molar-refractivity contribution is -0.135. The van der Waals surface area contributed by atoms with E-state index in [9.17, 15) is 4.79 Å². The number of ether oxygens (including phenoxy) is 1. The van der Waals surface area contributed by atoms with Crippen LogP contribution in [0.2, 0.25) is 0 Å². The second-order valence-electron chi connectivity index (χ2n) is 4.80. The summed E-state index contributed by atoms with van der Waals surface area (Å²) in [5.74, 6) is 0.770. The lowest BCUT2D eigenvalue weighted by Crippen LogP contribution is -2.55. The summed E-state index contributed by atoms with van der Waals surface area (Å²) in [5.41, 5.74) is 2.51. The fraction of sp³-hybridized carbons (Fsp3) is 0.429. The van der Waals surface area contributed by atoms with Gasteiger partial charge in [-0.1, -0.05) is 24.3 Å². The highest BCUT2D eigenvalue weighted by molar-refractivity contribution is 5.95. The Kier molecular flexibility index (Phi) is 2.58. The van der Waals surface area contributed by atoms with Gasteiger partial charge in [-0.05, 0) is 18.1 Å². The Morgan fingerprint density at radius 1 is 1.33 bits per heavy atom. The molecule has 0 saturated carbocycles. The van der Waals surface area contributed by atoms with Crippen LogP contribution in [0.15, 0.2) is 29.3 Å². The van der Waals surface area contributed by atoms with E-state index in [1.807, 2.05) is 24.0 Å². The van der Waals surface area contributed by atoms with Gasteiger partial charge in [-0.3, -0.25) is 4.79 Å². The van der Waals surface area contributed by atoms with Crippen LogP contribution in [0.1, 0.15) is 18.1 Å². The first-order valence-corrected chi connectivity index (χ1v) is 6.19. The molecule has 4 heteroatoms. The predicted octanol–water partition coefficient (Wildman–Crippen LogP) is 1.39. The van der Waals surface area contributed by atoms with Gasteiger partial charge in [0.2, 0.25) is 11.8 Å². The minimum absolute atomic E-state index is 0.0337. The van der Waals surface area contributed by atoms with Crippen LogP contribution in [-0.2, 0) is 22.5 Å². The van der Waals surface area contributed by atoms with Gasteiger partial charge in [0.05, 0.1) is 7.11 Å². The zero-order valence-electron chi connectivity index (χ0n) is 10.6. The predicted molar refractivity (Wildman–Crippen MR) is 68.4 cm³/mol. The summed E-state index contributed by atoms with van der Waals surface area (Å²) in [4.78, 5) is 18.4. The van der Waals surface area contributed by atoms with Crippen molar-refractivity contribution in [1.29, 1.82) is 0 Å². The van der Waals surface area contributed by atoms with Crippen LogP contribution in [0.25, 0.3) is 0 Å². The van der Waals surface area contributed by atoms with Gasteiger partial charge in [-0.15, -0.1) is 0 Å². The molecule has 0 radical (unpaired) electrons. The van der Waals surface area contributed by atoms with Crippen molar-refractivity contribution in [3.05, 3.63) is 35.4 Å². The third-order valence-corrected chi connectivity index (χ3v) is 3.70. The van der Waals surface area contributed by atoms with E-state index in [2.05, 4.69) is 17.1 Å². The maximum Gasteiger partial charge on any atom is 0.248 e. The summed E-state index contributed by atoms with van der Waals surface area (Å²) in [6.45, 7) is 2.48. The highest BCUT2D eigenvalue weighted by Crippen LogP contribution is 2.27. The second kappa shape index (κ2) is 4.12. The van der Waals surface area contributed by atoms with Crippen LogP contribution in [-0.4, -0.2) is 35.9 Å². The Morgan fingerprint density at radius 3 is 2.78 bits per heavy atom. The van der Waals surface area contributed by atoms with Crippen molar-refractivity contribution in [2.75, 3.05) is 7.11 Å². The zero-order chi connectivity index (χ0) is 12.7. The lowest BCUT2D eigenvalue weighted by atomic mass is 9.92. The first kappa shape index (κ1) is 11.3. The van der Waals surface area contributed by atoms with Gasteiger partial charge in [-0.2, -0.15) is 0 Å². The molecule has 1 aromatic carbocycles. The van der Waals surface area contributed by atoms with Crippen LogP contribution >= 0.6 is 0 Å². The molecule has 0 N–H and O–H groups in total. The average molecular weight is 244 g/mol. The molecule has 1 amide bonds. The summed E-state index contributed by atoms with van der Waals surface area (Å²) in [5, 5.41) is 0. The van der Waals surface area contributed by atoms with E-state index in [1.54, 1.807) is 7.11 Å².